The minimum absolute atomic E-state index is 0.0200. The van der Waals surface area contributed by atoms with Crippen molar-refractivity contribution in [1.82, 2.24) is 19.7 Å². The molecule has 2 amide bonds. The van der Waals surface area contributed by atoms with Gasteiger partial charge in [-0.1, -0.05) is 0 Å². The Morgan fingerprint density at radius 3 is 2.64 bits per heavy atom. The van der Waals surface area contributed by atoms with E-state index in [1.807, 2.05) is 0 Å². The number of rotatable bonds is 5. The average molecular weight is 462 g/mol. The van der Waals surface area contributed by atoms with Crippen molar-refractivity contribution >= 4 is 28.4 Å². The highest BCUT2D eigenvalue weighted by Gasteiger charge is 2.39. The monoisotopic (exact) mass is 462 g/mol. The number of nitrogens with two attached hydrogens (primary N) is 1. The van der Waals surface area contributed by atoms with E-state index >= 15 is 0 Å². The molecular formula is C20H14F4N6O3. The van der Waals surface area contributed by atoms with Crippen molar-refractivity contribution in [3.63, 3.8) is 0 Å². The second kappa shape index (κ2) is 8.00. The molecular weight excluding hydrogens is 448 g/mol. The number of carbonyl (C=O) groups is 2. The molecule has 0 saturated carbocycles. The number of oxazole rings is 1. The van der Waals surface area contributed by atoms with E-state index in [9.17, 15) is 27.2 Å². The minimum atomic E-state index is -4.89. The fourth-order valence-corrected chi connectivity index (χ4v) is 3.20. The molecule has 4 aromatic rings. The summed E-state index contributed by atoms with van der Waals surface area (Å²) >= 11 is 0. The molecule has 3 heterocycles. The molecule has 3 N–H and O–H groups in total. The van der Waals surface area contributed by atoms with Gasteiger partial charge >= 0.3 is 6.18 Å². The second-order valence-corrected chi connectivity index (χ2v) is 6.93. The molecule has 170 valence electrons. The Morgan fingerprint density at radius 1 is 1.24 bits per heavy atom. The van der Waals surface area contributed by atoms with Gasteiger partial charge in [0, 0.05) is 11.5 Å². The Bertz CT molecular complexity index is 1380. The molecule has 13 heteroatoms. The number of anilines is 1. The summed E-state index contributed by atoms with van der Waals surface area (Å²) in [6.45, 7) is 1.12. The Morgan fingerprint density at radius 2 is 2.00 bits per heavy atom. The molecule has 0 spiro atoms. The minimum Gasteiger partial charge on any atom is -0.447 e. The predicted molar refractivity (Wildman–Crippen MR) is 106 cm³/mol. The molecule has 33 heavy (non-hydrogen) atoms. The van der Waals surface area contributed by atoms with E-state index in [0.29, 0.717) is 0 Å². The van der Waals surface area contributed by atoms with E-state index in [2.05, 4.69) is 20.4 Å². The van der Waals surface area contributed by atoms with Gasteiger partial charge in [-0.2, -0.15) is 18.3 Å². The maximum atomic E-state index is 13.7. The SMILES string of the molecule is Cc1c(NC(=O)c2cc(C(N)=O)nc3cc(F)ccc23)c(C(F)(F)F)nn1Cc1ncco1. The van der Waals surface area contributed by atoms with Crippen LogP contribution in [0.5, 0.6) is 0 Å². The number of carbonyl (C=O) groups excluding carboxylic acids is 2. The molecule has 0 saturated heterocycles. The van der Waals surface area contributed by atoms with Crippen molar-refractivity contribution in [2.45, 2.75) is 19.6 Å². The van der Waals surface area contributed by atoms with Gasteiger partial charge in [0.25, 0.3) is 11.8 Å². The lowest BCUT2D eigenvalue weighted by atomic mass is 10.1. The van der Waals surface area contributed by atoms with Gasteiger partial charge in [-0.15, -0.1) is 0 Å². The van der Waals surface area contributed by atoms with Gasteiger partial charge in [-0.3, -0.25) is 14.3 Å². The topological polar surface area (TPSA) is 129 Å². The van der Waals surface area contributed by atoms with Crippen molar-refractivity contribution in [1.29, 1.82) is 0 Å². The molecule has 0 atom stereocenters. The fraction of sp³-hybridized carbons (Fsp3) is 0.150. The summed E-state index contributed by atoms with van der Waals surface area (Å²) < 4.78 is 60.7. The summed E-state index contributed by atoms with van der Waals surface area (Å²) in [5.41, 5.74) is 2.65. The third-order valence-corrected chi connectivity index (χ3v) is 4.75. The van der Waals surface area contributed by atoms with Crippen LogP contribution in [0, 0.1) is 12.7 Å². The van der Waals surface area contributed by atoms with Crippen LogP contribution in [0.1, 0.15) is 38.1 Å². The lowest BCUT2D eigenvalue weighted by Crippen LogP contribution is -2.19. The molecule has 0 aliphatic heterocycles. The first-order valence-corrected chi connectivity index (χ1v) is 9.29. The smallest absolute Gasteiger partial charge is 0.437 e. The van der Waals surface area contributed by atoms with Crippen molar-refractivity contribution in [2.24, 2.45) is 5.73 Å². The molecule has 1 aromatic carbocycles. The van der Waals surface area contributed by atoms with Crippen LogP contribution >= 0.6 is 0 Å². The first-order chi connectivity index (χ1) is 15.5. The summed E-state index contributed by atoms with van der Waals surface area (Å²) in [7, 11) is 0. The van der Waals surface area contributed by atoms with Crippen molar-refractivity contribution in [2.75, 3.05) is 5.32 Å². The summed E-state index contributed by atoms with van der Waals surface area (Å²) in [5, 5.41) is 5.88. The van der Waals surface area contributed by atoms with E-state index in [1.54, 1.807) is 0 Å². The molecule has 0 radical (unpaired) electrons. The van der Waals surface area contributed by atoms with Crippen LogP contribution in [-0.4, -0.2) is 31.6 Å². The zero-order valence-corrected chi connectivity index (χ0v) is 16.8. The van der Waals surface area contributed by atoms with Crippen LogP contribution in [0.15, 0.2) is 41.1 Å². The van der Waals surface area contributed by atoms with Crippen LogP contribution in [0.3, 0.4) is 0 Å². The first kappa shape index (κ1) is 21.9. The van der Waals surface area contributed by atoms with Crippen LogP contribution in [0.4, 0.5) is 23.2 Å². The standard InChI is InChI=1S/C20H14F4N6O3/c1-9-16(17(20(22,23)24)29-30(9)8-15-26-4-5-33-15)28-19(32)12-7-14(18(25)31)27-13-6-10(21)2-3-11(12)13/h2-7H,8H2,1H3,(H2,25,31)(H,28,32). The first-order valence-electron chi connectivity index (χ1n) is 9.29. The largest absolute Gasteiger partial charge is 0.447 e. The summed E-state index contributed by atoms with van der Waals surface area (Å²) in [4.78, 5) is 32.4. The molecule has 9 nitrogen and oxygen atoms in total. The quantitative estimate of drug-likeness (QED) is 0.438. The number of primary amides is 1. The van der Waals surface area contributed by atoms with Gasteiger partial charge in [0.05, 0.1) is 28.7 Å². The number of amides is 2. The number of alkyl halides is 3. The summed E-state index contributed by atoms with van der Waals surface area (Å²) in [6.07, 6.45) is -2.30. The molecule has 0 aliphatic carbocycles. The van der Waals surface area contributed by atoms with Gasteiger partial charge in [0.1, 0.15) is 24.3 Å². The highest BCUT2D eigenvalue weighted by Crippen LogP contribution is 2.36. The number of hydrogen-bond donors (Lipinski definition) is 2. The number of halogens is 4. The molecule has 0 fully saturated rings. The number of fused-ring (bicyclic) bond motifs is 1. The average Bonchev–Trinajstić information content (AvgIpc) is 3.36. The third-order valence-electron chi connectivity index (χ3n) is 4.75. The molecule has 3 aromatic heterocycles. The highest BCUT2D eigenvalue weighted by molar-refractivity contribution is 6.14. The normalized spacial score (nSPS) is 11.7. The number of nitrogens with one attached hydrogen (secondary N) is 1. The van der Waals surface area contributed by atoms with Gasteiger partial charge < -0.3 is 15.5 Å². The number of aromatic nitrogens is 4. The Balaban J connectivity index is 1.79. The Kier molecular flexibility index (Phi) is 5.31. The van der Waals surface area contributed by atoms with Gasteiger partial charge in [0.15, 0.2) is 5.69 Å². The van der Waals surface area contributed by atoms with E-state index < -0.39 is 35.2 Å². The third kappa shape index (κ3) is 4.24. The van der Waals surface area contributed by atoms with Crippen molar-refractivity contribution < 1.29 is 31.6 Å². The van der Waals surface area contributed by atoms with Crippen LogP contribution in [0.25, 0.3) is 10.9 Å². The lowest BCUT2D eigenvalue weighted by Gasteiger charge is -2.11. The van der Waals surface area contributed by atoms with Crippen LogP contribution in [0.2, 0.25) is 0 Å². The van der Waals surface area contributed by atoms with E-state index in [-0.39, 0.29) is 40.3 Å². The number of hydrogen-bond acceptors (Lipinski definition) is 6. The Labute approximate surface area is 182 Å². The molecule has 0 unspecified atom stereocenters. The van der Waals surface area contributed by atoms with Crippen LogP contribution < -0.4 is 11.1 Å². The second-order valence-electron chi connectivity index (χ2n) is 6.93. The van der Waals surface area contributed by atoms with E-state index in [4.69, 9.17) is 10.2 Å². The van der Waals surface area contributed by atoms with Gasteiger partial charge in [-0.25, -0.2) is 14.4 Å². The molecule has 0 aliphatic rings. The lowest BCUT2D eigenvalue weighted by molar-refractivity contribution is -0.140. The summed E-state index contributed by atoms with van der Waals surface area (Å²) in [5.74, 6) is -2.58. The summed E-state index contributed by atoms with van der Waals surface area (Å²) in [6, 6.07) is 4.27. The number of nitrogens with zero attached hydrogens (tertiary/aromatic N) is 4. The van der Waals surface area contributed by atoms with E-state index in [1.165, 1.54) is 25.5 Å². The van der Waals surface area contributed by atoms with Gasteiger partial charge in [0.2, 0.25) is 5.89 Å². The molecule has 4 rings (SSSR count). The zero-order valence-electron chi connectivity index (χ0n) is 16.8. The van der Waals surface area contributed by atoms with E-state index in [0.717, 1.165) is 22.9 Å². The van der Waals surface area contributed by atoms with Gasteiger partial charge in [-0.05, 0) is 25.1 Å². The van der Waals surface area contributed by atoms with Crippen LogP contribution in [-0.2, 0) is 12.7 Å². The predicted octanol–water partition coefficient (Wildman–Crippen LogP) is 3.29. The number of benzene rings is 1. The maximum absolute atomic E-state index is 13.7. The number of pyridine rings is 1. The van der Waals surface area contributed by atoms with Crippen molar-refractivity contribution in [3.8, 4) is 0 Å². The molecule has 0 bridgehead atoms. The van der Waals surface area contributed by atoms with Crippen molar-refractivity contribution in [3.05, 3.63) is 71.1 Å². The highest BCUT2D eigenvalue weighted by atomic mass is 19.4. The zero-order chi connectivity index (χ0) is 23.9. The fourth-order valence-electron chi connectivity index (χ4n) is 3.20. The maximum Gasteiger partial charge on any atom is 0.437 e. The Hall–Kier alpha value is -4.29.